The second-order valence-corrected chi connectivity index (χ2v) is 10.2. The van der Waals surface area contributed by atoms with Crippen LogP contribution in [0.5, 0.6) is 0 Å². The first-order valence-corrected chi connectivity index (χ1v) is 12.5. The monoisotopic (exact) mass is 471 g/mol. The molecular weight excluding hydrogens is 442 g/mol. The lowest BCUT2D eigenvalue weighted by molar-refractivity contribution is 0.594. The highest BCUT2D eigenvalue weighted by atomic mass is 32.2. The van der Waals surface area contributed by atoms with Crippen molar-refractivity contribution >= 4 is 38.5 Å². The smallest absolute Gasteiger partial charge is 0.264 e. The van der Waals surface area contributed by atoms with E-state index in [-0.39, 0.29) is 0 Å². The van der Waals surface area contributed by atoms with Crippen LogP contribution in [0.1, 0.15) is 5.56 Å². The minimum Gasteiger partial charge on any atom is -0.345 e. The largest absolute Gasteiger partial charge is 0.345 e. The van der Waals surface area contributed by atoms with E-state index in [0.29, 0.717) is 10.6 Å². The van der Waals surface area contributed by atoms with Gasteiger partial charge in [0.1, 0.15) is 0 Å². The van der Waals surface area contributed by atoms with E-state index >= 15 is 0 Å². The van der Waals surface area contributed by atoms with Crippen molar-refractivity contribution in [1.82, 2.24) is 0 Å². The Kier molecular flexibility index (Phi) is 6.61. The molecule has 0 saturated carbocycles. The molecule has 0 fully saturated rings. The Bertz CT molecular complexity index is 1370. The highest BCUT2D eigenvalue weighted by molar-refractivity contribution is 7.92. The van der Waals surface area contributed by atoms with Gasteiger partial charge in [-0.05, 0) is 73.2 Å². The molecular formula is C28H29N3O2S. The summed E-state index contributed by atoms with van der Waals surface area (Å²) in [6, 6.07) is 33.1. The second-order valence-electron chi connectivity index (χ2n) is 8.23. The minimum absolute atomic E-state index is 0.314. The van der Waals surface area contributed by atoms with Gasteiger partial charge in [-0.2, -0.15) is 0 Å². The lowest BCUT2D eigenvalue weighted by Gasteiger charge is -2.25. The van der Waals surface area contributed by atoms with Crippen LogP contribution < -0.4 is 14.1 Å². The van der Waals surface area contributed by atoms with E-state index in [9.17, 15) is 8.42 Å². The maximum atomic E-state index is 13.2. The number of anilines is 5. The number of nitrogens with zero attached hydrogens (tertiary/aromatic N) is 3. The standard InChI is InChI=1S/C28H29N3O2S/c1-22-11-8-9-16-28(22)34(32,33)31(4)27-15-10-14-26(21-27)30(3)25-19-17-24(18-20-25)29(2)23-12-6-5-7-13-23/h5-21H,1-4H3. The third-order valence-corrected chi connectivity index (χ3v) is 8.03. The molecule has 0 unspecified atom stereocenters. The van der Waals surface area contributed by atoms with Crippen LogP contribution in [0.15, 0.2) is 108 Å². The van der Waals surface area contributed by atoms with Gasteiger partial charge in [0.15, 0.2) is 0 Å². The van der Waals surface area contributed by atoms with Gasteiger partial charge in [-0.1, -0.05) is 42.5 Å². The SMILES string of the molecule is Cc1ccccc1S(=O)(=O)N(C)c1cccc(N(C)c2ccc(N(C)c3ccccc3)cc2)c1. The van der Waals surface area contributed by atoms with Crippen LogP contribution in [-0.4, -0.2) is 29.6 Å². The summed E-state index contributed by atoms with van der Waals surface area (Å²) >= 11 is 0. The predicted octanol–water partition coefficient (Wildman–Crippen LogP) is 6.36. The van der Waals surface area contributed by atoms with Crippen molar-refractivity contribution in [2.45, 2.75) is 11.8 Å². The summed E-state index contributed by atoms with van der Waals surface area (Å²) in [7, 11) is 1.95. The van der Waals surface area contributed by atoms with Crippen LogP contribution in [0, 0.1) is 6.92 Å². The summed E-state index contributed by atoms with van der Waals surface area (Å²) < 4.78 is 27.8. The molecule has 0 heterocycles. The third-order valence-electron chi connectivity index (χ3n) is 6.08. The number of benzene rings is 4. The lowest BCUT2D eigenvalue weighted by atomic mass is 10.2. The van der Waals surface area contributed by atoms with Gasteiger partial charge in [-0.3, -0.25) is 4.31 Å². The lowest BCUT2D eigenvalue weighted by Crippen LogP contribution is -2.27. The van der Waals surface area contributed by atoms with Gasteiger partial charge in [-0.25, -0.2) is 8.42 Å². The molecule has 4 rings (SSSR count). The Labute approximate surface area is 202 Å². The van der Waals surface area contributed by atoms with Crippen LogP contribution in [0.4, 0.5) is 28.4 Å². The summed E-state index contributed by atoms with van der Waals surface area (Å²) in [5.74, 6) is 0. The normalized spacial score (nSPS) is 11.2. The van der Waals surface area contributed by atoms with E-state index in [1.165, 1.54) is 4.31 Å². The first-order valence-electron chi connectivity index (χ1n) is 11.1. The molecule has 0 aliphatic heterocycles. The number of para-hydroxylation sites is 1. The Morgan fingerprint density at radius 1 is 0.529 bits per heavy atom. The van der Waals surface area contributed by atoms with Crippen molar-refractivity contribution in [3.63, 3.8) is 0 Å². The highest BCUT2D eigenvalue weighted by Crippen LogP contribution is 2.32. The van der Waals surface area contributed by atoms with Crippen molar-refractivity contribution in [1.29, 1.82) is 0 Å². The maximum absolute atomic E-state index is 13.2. The van der Waals surface area contributed by atoms with Gasteiger partial charge in [0.25, 0.3) is 10.0 Å². The van der Waals surface area contributed by atoms with E-state index in [2.05, 4.69) is 41.3 Å². The highest BCUT2D eigenvalue weighted by Gasteiger charge is 2.23. The van der Waals surface area contributed by atoms with Crippen LogP contribution in [0.2, 0.25) is 0 Å². The van der Waals surface area contributed by atoms with Crippen molar-refractivity contribution in [3.8, 4) is 0 Å². The Hall–Kier alpha value is -3.77. The molecule has 0 spiro atoms. The second kappa shape index (κ2) is 9.61. The zero-order valence-electron chi connectivity index (χ0n) is 19.9. The summed E-state index contributed by atoms with van der Waals surface area (Å²) in [6.45, 7) is 1.81. The average Bonchev–Trinajstić information content (AvgIpc) is 2.88. The maximum Gasteiger partial charge on any atom is 0.264 e. The van der Waals surface area contributed by atoms with Gasteiger partial charge in [-0.15, -0.1) is 0 Å². The minimum atomic E-state index is -3.66. The molecule has 0 aromatic heterocycles. The Morgan fingerprint density at radius 3 is 1.62 bits per heavy atom. The van der Waals surface area contributed by atoms with Crippen LogP contribution in [0.25, 0.3) is 0 Å². The molecule has 4 aromatic carbocycles. The van der Waals surface area contributed by atoms with E-state index in [1.54, 1.807) is 19.2 Å². The van der Waals surface area contributed by atoms with E-state index in [4.69, 9.17) is 0 Å². The zero-order valence-corrected chi connectivity index (χ0v) is 20.7. The van der Waals surface area contributed by atoms with E-state index in [1.807, 2.05) is 80.5 Å². The molecule has 0 bridgehead atoms. The molecule has 34 heavy (non-hydrogen) atoms. The van der Waals surface area contributed by atoms with E-state index < -0.39 is 10.0 Å². The van der Waals surface area contributed by atoms with Crippen molar-refractivity contribution < 1.29 is 8.42 Å². The fraction of sp³-hybridized carbons (Fsp3) is 0.143. The van der Waals surface area contributed by atoms with Crippen molar-refractivity contribution in [3.05, 3.63) is 109 Å². The molecule has 0 aliphatic rings. The van der Waals surface area contributed by atoms with Crippen molar-refractivity contribution in [2.24, 2.45) is 0 Å². The van der Waals surface area contributed by atoms with Crippen LogP contribution in [0.3, 0.4) is 0 Å². The topological polar surface area (TPSA) is 43.9 Å². The number of hydrogen-bond donors (Lipinski definition) is 0. The van der Waals surface area contributed by atoms with Gasteiger partial charge >= 0.3 is 0 Å². The average molecular weight is 472 g/mol. The quantitative estimate of drug-likeness (QED) is 0.315. The molecule has 0 atom stereocenters. The van der Waals surface area contributed by atoms with Crippen molar-refractivity contribution in [2.75, 3.05) is 35.2 Å². The van der Waals surface area contributed by atoms with Gasteiger partial charge in [0, 0.05) is 43.9 Å². The molecule has 6 heteroatoms. The first kappa shape index (κ1) is 23.4. The third kappa shape index (κ3) is 4.63. The molecule has 174 valence electrons. The van der Waals surface area contributed by atoms with Gasteiger partial charge in [0.2, 0.25) is 0 Å². The number of hydrogen-bond acceptors (Lipinski definition) is 4. The fourth-order valence-corrected chi connectivity index (χ4v) is 5.29. The summed E-state index contributed by atoms with van der Waals surface area (Å²) in [5, 5.41) is 0. The molecule has 0 radical (unpaired) electrons. The molecule has 0 saturated heterocycles. The van der Waals surface area contributed by atoms with Gasteiger partial charge in [0.05, 0.1) is 10.6 Å². The predicted molar refractivity (Wildman–Crippen MR) is 142 cm³/mol. The molecule has 0 amide bonds. The first-order chi connectivity index (χ1) is 16.3. The molecule has 5 nitrogen and oxygen atoms in total. The zero-order chi connectivity index (χ0) is 24.3. The van der Waals surface area contributed by atoms with Gasteiger partial charge < -0.3 is 9.80 Å². The Morgan fingerprint density at radius 2 is 1.00 bits per heavy atom. The van der Waals surface area contributed by atoms with Crippen LogP contribution in [-0.2, 0) is 10.0 Å². The summed E-state index contributed by atoms with van der Waals surface area (Å²) in [5.41, 5.74) is 5.44. The number of sulfonamides is 1. The summed E-state index contributed by atoms with van der Waals surface area (Å²) in [6.07, 6.45) is 0. The molecule has 4 aromatic rings. The molecule has 0 N–H and O–H groups in total. The fourth-order valence-electron chi connectivity index (χ4n) is 3.88. The number of rotatable bonds is 7. The number of aryl methyl sites for hydroxylation is 1. The Balaban J connectivity index is 1.57. The summed E-state index contributed by atoms with van der Waals surface area (Å²) in [4.78, 5) is 4.49. The van der Waals surface area contributed by atoms with Crippen LogP contribution >= 0.6 is 0 Å². The molecule has 0 aliphatic carbocycles. The van der Waals surface area contributed by atoms with E-state index in [0.717, 1.165) is 28.3 Å².